The van der Waals surface area contributed by atoms with Crippen LogP contribution in [-0.4, -0.2) is 25.0 Å². The van der Waals surface area contributed by atoms with Gasteiger partial charge in [-0.3, -0.25) is 9.78 Å². The zero-order chi connectivity index (χ0) is 18.0. The molecule has 0 aliphatic heterocycles. The number of anilines is 1. The Hall–Kier alpha value is -2.99. The molecule has 3 aromatic rings. The predicted octanol–water partition coefficient (Wildman–Crippen LogP) is 3.63. The molecule has 0 radical (unpaired) electrons. The summed E-state index contributed by atoms with van der Waals surface area (Å²) >= 11 is 5.93. The van der Waals surface area contributed by atoms with Crippen LogP contribution < -0.4 is 20.5 Å². The van der Waals surface area contributed by atoms with Gasteiger partial charge in [0.2, 0.25) is 0 Å². The Balaban J connectivity index is 2.11. The number of ether oxygens (including phenoxy) is 2. The Morgan fingerprint density at radius 3 is 2.68 bits per heavy atom. The summed E-state index contributed by atoms with van der Waals surface area (Å²) in [5, 5.41) is 3.73. The number of nitrogens with one attached hydrogen (secondary N) is 1. The number of carbonyl (C=O) groups excluding carboxylic acids is 1. The number of nitrogens with two attached hydrogens (primary N) is 1. The maximum atomic E-state index is 12.1. The Morgan fingerprint density at radius 1 is 1.20 bits per heavy atom. The maximum Gasteiger partial charge on any atom is 0.254 e. The molecule has 2 aromatic carbocycles. The van der Waals surface area contributed by atoms with Gasteiger partial charge in [-0.2, -0.15) is 0 Å². The number of methoxy groups -OCH3 is 1. The number of pyridine rings is 1. The van der Waals surface area contributed by atoms with Gasteiger partial charge in [0.25, 0.3) is 5.91 Å². The van der Waals surface area contributed by atoms with E-state index in [-0.39, 0.29) is 5.91 Å². The first-order chi connectivity index (χ1) is 12.0. The summed E-state index contributed by atoms with van der Waals surface area (Å²) in [7, 11) is 3.06. The number of rotatable bonds is 4. The molecule has 0 saturated heterocycles. The van der Waals surface area contributed by atoms with Gasteiger partial charge in [0.15, 0.2) is 0 Å². The molecule has 3 N–H and O–H groups in total. The van der Waals surface area contributed by atoms with E-state index in [1.807, 2.05) is 0 Å². The number of fused-ring (bicyclic) bond motifs is 1. The average Bonchev–Trinajstić information content (AvgIpc) is 2.63. The fourth-order valence-electron chi connectivity index (χ4n) is 2.43. The van der Waals surface area contributed by atoms with Crippen LogP contribution in [0.25, 0.3) is 10.9 Å². The molecule has 0 bridgehead atoms. The van der Waals surface area contributed by atoms with E-state index in [9.17, 15) is 4.79 Å². The minimum Gasteiger partial charge on any atom is -0.496 e. The molecule has 0 aliphatic rings. The van der Waals surface area contributed by atoms with E-state index >= 15 is 0 Å². The number of carbonyl (C=O) groups is 1. The number of halogens is 1. The molecule has 1 amide bonds. The minimum atomic E-state index is -0.260. The highest BCUT2D eigenvalue weighted by atomic mass is 35.5. The Labute approximate surface area is 149 Å². The Bertz CT molecular complexity index is 960. The normalized spacial score (nSPS) is 10.5. The van der Waals surface area contributed by atoms with Crippen molar-refractivity contribution in [3.05, 3.63) is 53.2 Å². The van der Waals surface area contributed by atoms with E-state index in [4.69, 9.17) is 26.8 Å². The summed E-state index contributed by atoms with van der Waals surface area (Å²) in [4.78, 5) is 16.4. The topological polar surface area (TPSA) is 86.5 Å². The van der Waals surface area contributed by atoms with Gasteiger partial charge in [-0.25, -0.2) is 0 Å². The molecule has 1 aromatic heterocycles. The van der Waals surface area contributed by atoms with E-state index in [2.05, 4.69) is 10.3 Å². The molecule has 0 spiro atoms. The second-order valence-corrected chi connectivity index (χ2v) is 5.65. The Morgan fingerprint density at radius 2 is 2.00 bits per heavy atom. The molecule has 6 nitrogen and oxygen atoms in total. The average molecular weight is 358 g/mol. The van der Waals surface area contributed by atoms with Crippen molar-refractivity contribution in [1.29, 1.82) is 0 Å². The second-order valence-electron chi connectivity index (χ2n) is 5.24. The first kappa shape index (κ1) is 16.9. The molecular formula is C18H16ClN3O3. The lowest BCUT2D eigenvalue weighted by Crippen LogP contribution is -2.18. The van der Waals surface area contributed by atoms with E-state index < -0.39 is 0 Å². The van der Waals surface area contributed by atoms with Gasteiger partial charge < -0.3 is 20.5 Å². The minimum absolute atomic E-state index is 0.260. The predicted molar refractivity (Wildman–Crippen MR) is 97.6 cm³/mol. The van der Waals surface area contributed by atoms with Crippen LogP contribution >= 0.6 is 11.6 Å². The van der Waals surface area contributed by atoms with E-state index in [1.54, 1.807) is 49.6 Å². The monoisotopic (exact) mass is 357 g/mol. The van der Waals surface area contributed by atoms with Crippen LogP contribution in [0.1, 0.15) is 10.4 Å². The number of aromatic nitrogens is 1. The number of nitrogens with zero attached hydrogens (tertiary/aromatic N) is 1. The molecule has 0 aliphatic carbocycles. The number of hydrogen-bond donors (Lipinski definition) is 2. The molecule has 1 heterocycles. The third-order valence-electron chi connectivity index (χ3n) is 3.69. The maximum absolute atomic E-state index is 12.1. The van der Waals surface area contributed by atoms with Crippen molar-refractivity contribution in [3.8, 4) is 17.2 Å². The van der Waals surface area contributed by atoms with Crippen molar-refractivity contribution in [1.82, 2.24) is 10.3 Å². The lowest BCUT2D eigenvalue weighted by molar-refractivity contribution is 0.0960. The van der Waals surface area contributed by atoms with Gasteiger partial charge in [-0.05, 0) is 24.3 Å². The lowest BCUT2D eigenvalue weighted by atomic mass is 10.1. The van der Waals surface area contributed by atoms with Crippen molar-refractivity contribution in [2.45, 2.75) is 0 Å². The lowest BCUT2D eigenvalue weighted by Gasteiger charge is -2.13. The van der Waals surface area contributed by atoms with Crippen LogP contribution in [0.3, 0.4) is 0 Å². The molecular weight excluding hydrogens is 342 g/mol. The second kappa shape index (κ2) is 6.86. The molecule has 3 rings (SSSR count). The molecule has 0 fully saturated rings. The van der Waals surface area contributed by atoms with Gasteiger partial charge >= 0.3 is 0 Å². The molecule has 0 atom stereocenters. The van der Waals surface area contributed by atoms with Gasteiger partial charge in [-0.1, -0.05) is 11.6 Å². The van der Waals surface area contributed by atoms with Crippen molar-refractivity contribution in [2.75, 3.05) is 19.9 Å². The molecule has 128 valence electrons. The van der Waals surface area contributed by atoms with Crippen molar-refractivity contribution < 1.29 is 14.3 Å². The molecule has 0 saturated carbocycles. The number of amides is 1. The molecule has 0 unspecified atom stereocenters. The third-order valence-corrected chi connectivity index (χ3v) is 4.03. The summed E-state index contributed by atoms with van der Waals surface area (Å²) in [6.07, 6.45) is 1.62. The Kier molecular flexibility index (Phi) is 4.63. The van der Waals surface area contributed by atoms with Crippen LogP contribution in [0, 0.1) is 0 Å². The van der Waals surface area contributed by atoms with Gasteiger partial charge in [-0.15, -0.1) is 0 Å². The third kappa shape index (κ3) is 3.29. The molecule has 7 heteroatoms. The zero-order valence-electron chi connectivity index (χ0n) is 13.7. The van der Waals surface area contributed by atoms with Crippen LogP contribution in [-0.2, 0) is 0 Å². The summed E-state index contributed by atoms with van der Waals surface area (Å²) in [6, 6.07) is 10.1. The van der Waals surface area contributed by atoms with Crippen LogP contribution in [0.2, 0.25) is 5.02 Å². The SMILES string of the molecule is CNC(=O)c1cc2c(Oc3ccc(Cl)c(N)c3)ccnc2cc1OC. The highest BCUT2D eigenvalue weighted by molar-refractivity contribution is 6.33. The van der Waals surface area contributed by atoms with Gasteiger partial charge in [0, 0.05) is 30.8 Å². The standard InChI is InChI=1S/C18H16ClN3O3/c1-21-18(23)12-8-11-15(9-17(12)24-2)22-6-5-16(11)25-10-3-4-13(19)14(20)7-10/h3-9H,20H2,1-2H3,(H,21,23). The van der Waals surface area contributed by atoms with Crippen LogP contribution in [0.15, 0.2) is 42.6 Å². The van der Waals surface area contributed by atoms with E-state index in [0.717, 1.165) is 0 Å². The first-order valence-corrected chi connectivity index (χ1v) is 7.83. The first-order valence-electron chi connectivity index (χ1n) is 7.45. The largest absolute Gasteiger partial charge is 0.496 e. The summed E-state index contributed by atoms with van der Waals surface area (Å²) < 4.78 is 11.2. The summed E-state index contributed by atoms with van der Waals surface area (Å²) in [5.41, 5.74) is 7.27. The quantitative estimate of drug-likeness (QED) is 0.696. The smallest absolute Gasteiger partial charge is 0.254 e. The van der Waals surface area contributed by atoms with Crippen molar-refractivity contribution in [2.24, 2.45) is 0 Å². The fraction of sp³-hybridized carbons (Fsp3) is 0.111. The van der Waals surface area contributed by atoms with E-state index in [0.29, 0.717) is 44.4 Å². The van der Waals surface area contributed by atoms with Crippen LogP contribution in [0.4, 0.5) is 5.69 Å². The number of nitrogen functional groups attached to an aromatic ring is 1. The molecule has 25 heavy (non-hydrogen) atoms. The number of hydrogen-bond acceptors (Lipinski definition) is 5. The van der Waals surface area contributed by atoms with Crippen molar-refractivity contribution >= 4 is 34.1 Å². The van der Waals surface area contributed by atoms with Gasteiger partial charge in [0.05, 0.1) is 28.9 Å². The number of benzene rings is 2. The zero-order valence-corrected chi connectivity index (χ0v) is 14.4. The fourth-order valence-corrected chi connectivity index (χ4v) is 2.55. The summed E-state index contributed by atoms with van der Waals surface area (Å²) in [6.45, 7) is 0. The van der Waals surface area contributed by atoms with Crippen molar-refractivity contribution in [3.63, 3.8) is 0 Å². The van der Waals surface area contributed by atoms with Crippen LogP contribution in [0.5, 0.6) is 17.2 Å². The van der Waals surface area contributed by atoms with E-state index in [1.165, 1.54) is 7.11 Å². The van der Waals surface area contributed by atoms with Gasteiger partial charge in [0.1, 0.15) is 17.2 Å². The highest BCUT2D eigenvalue weighted by Gasteiger charge is 2.15. The summed E-state index contributed by atoms with van der Waals surface area (Å²) in [5.74, 6) is 1.25. The highest BCUT2D eigenvalue weighted by Crippen LogP contribution is 2.34.